The number of ether oxygens (including phenoxy) is 1. The van der Waals surface area contributed by atoms with E-state index >= 15 is 0 Å². The third-order valence-corrected chi connectivity index (χ3v) is 6.07. The number of amides is 1. The Morgan fingerprint density at radius 3 is 2.66 bits per heavy atom. The molecule has 0 aliphatic heterocycles. The molecule has 0 spiro atoms. The van der Waals surface area contributed by atoms with E-state index in [0.717, 1.165) is 16.6 Å². The van der Waals surface area contributed by atoms with Crippen LogP contribution in [0.4, 0.5) is 5.13 Å². The lowest BCUT2D eigenvalue weighted by Gasteiger charge is -2.16. The van der Waals surface area contributed by atoms with Crippen molar-refractivity contribution in [3.05, 3.63) is 76.1 Å². The van der Waals surface area contributed by atoms with Gasteiger partial charge in [0.25, 0.3) is 5.91 Å². The minimum absolute atomic E-state index is 0.132. The lowest BCUT2D eigenvalue weighted by molar-refractivity contribution is -0.125. The van der Waals surface area contributed by atoms with E-state index in [0.29, 0.717) is 20.9 Å². The summed E-state index contributed by atoms with van der Waals surface area (Å²) in [6, 6.07) is 19.1. The van der Waals surface area contributed by atoms with Gasteiger partial charge in [0.05, 0.1) is 10.7 Å². The van der Waals surface area contributed by atoms with Gasteiger partial charge in [0.2, 0.25) is 0 Å². The highest BCUT2D eigenvalue weighted by molar-refractivity contribution is 7.80. The molecule has 0 bridgehead atoms. The van der Waals surface area contributed by atoms with Crippen LogP contribution in [0.5, 0.6) is 5.75 Å². The minimum Gasteiger partial charge on any atom is -0.479 e. The van der Waals surface area contributed by atoms with Gasteiger partial charge in [-0.1, -0.05) is 59.6 Å². The summed E-state index contributed by atoms with van der Waals surface area (Å²) in [5.41, 5.74) is 1.83. The molecule has 0 aliphatic carbocycles. The molecule has 4 rings (SSSR count). The minimum atomic E-state index is -0.821. The monoisotopic (exact) mass is 501 g/mol. The van der Waals surface area contributed by atoms with Crippen molar-refractivity contribution in [3.63, 3.8) is 0 Å². The Kier molecular flexibility index (Phi) is 6.91. The van der Waals surface area contributed by atoms with Crippen LogP contribution in [0.1, 0.15) is 6.92 Å². The van der Waals surface area contributed by atoms with Crippen LogP contribution < -0.4 is 15.4 Å². The van der Waals surface area contributed by atoms with Gasteiger partial charge in [0, 0.05) is 16.0 Å². The Bertz CT molecular complexity index is 1310. The van der Waals surface area contributed by atoms with E-state index in [2.05, 4.69) is 39.9 Å². The zero-order chi connectivity index (χ0) is 22.7. The first-order valence-corrected chi connectivity index (χ1v) is 11.6. The van der Waals surface area contributed by atoms with Gasteiger partial charge in [-0.05, 0) is 54.2 Å². The number of nitrogens with zero attached hydrogens (tertiary/aromatic N) is 1. The van der Waals surface area contributed by atoms with Gasteiger partial charge < -0.3 is 10.1 Å². The fourth-order valence-corrected chi connectivity index (χ4v) is 4.41. The number of thiocarbonyl (C=S) groups is 1. The van der Waals surface area contributed by atoms with Gasteiger partial charge >= 0.3 is 0 Å². The maximum Gasteiger partial charge on any atom is 0.266 e. The van der Waals surface area contributed by atoms with Crippen LogP contribution in [0.2, 0.25) is 10.0 Å². The van der Waals surface area contributed by atoms with E-state index in [9.17, 15) is 4.79 Å². The number of fused-ring (bicyclic) bond motifs is 1. The zero-order valence-corrected chi connectivity index (χ0v) is 19.9. The number of hydrogen-bond donors (Lipinski definition) is 2. The summed E-state index contributed by atoms with van der Waals surface area (Å²) in [4.78, 5) is 17.0. The van der Waals surface area contributed by atoms with Crippen LogP contribution in [-0.4, -0.2) is 22.1 Å². The molecule has 1 heterocycles. The molecule has 0 saturated carbocycles. The second-order valence-corrected chi connectivity index (χ2v) is 8.99. The molecule has 1 aromatic heterocycles. The molecule has 2 N–H and O–H groups in total. The van der Waals surface area contributed by atoms with E-state index < -0.39 is 12.0 Å². The topological polar surface area (TPSA) is 63.2 Å². The van der Waals surface area contributed by atoms with Crippen molar-refractivity contribution in [1.29, 1.82) is 0 Å². The third kappa shape index (κ3) is 5.37. The van der Waals surface area contributed by atoms with Gasteiger partial charge in [0.15, 0.2) is 16.3 Å². The zero-order valence-electron chi connectivity index (χ0n) is 16.8. The summed E-state index contributed by atoms with van der Waals surface area (Å²) in [6.45, 7) is 1.60. The Labute approximate surface area is 204 Å². The third-order valence-electron chi connectivity index (χ3n) is 4.57. The van der Waals surface area contributed by atoms with E-state index in [4.69, 9.17) is 40.2 Å². The van der Waals surface area contributed by atoms with Crippen molar-refractivity contribution in [2.75, 3.05) is 5.32 Å². The molecule has 5 nitrogen and oxygen atoms in total. The van der Waals surface area contributed by atoms with Gasteiger partial charge in [0.1, 0.15) is 5.75 Å². The van der Waals surface area contributed by atoms with Crippen LogP contribution in [0.25, 0.3) is 22.0 Å². The van der Waals surface area contributed by atoms with Crippen molar-refractivity contribution in [2.45, 2.75) is 13.0 Å². The van der Waals surface area contributed by atoms with Crippen LogP contribution in [0.3, 0.4) is 0 Å². The summed E-state index contributed by atoms with van der Waals surface area (Å²) in [6.07, 6.45) is -0.821. The largest absolute Gasteiger partial charge is 0.479 e. The maximum absolute atomic E-state index is 12.4. The Balaban J connectivity index is 1.36. The summed E-state index contributed by atoms with van der Waals surface area (Å²) >= 11 is 18.6. The number of carbonyl (C=O) groups is 1. The second kappa shape index (κ2) is 9.83. The summed E-state index contributed by atoms with van der Waals surface area (Å²) in [5.74, 6) is -0.0580. The first-order chi connectivity index (χ1) is 15.4. The number of hydrogen-bond acceptors (Lipinski definition) is 5. The lowest BCUT2D eigenvalue weighted by atomic mass is 10.1. The number of nitrogens with one attached hydrogen (secondary N) is 2. The Morgan fingerprint density at radius 2 is 1.88 bits per heavy atom. The predicted molar refractivity (Wildman–Crippen MR) is 136 cm³/mol. The molecule has 9 heteroatoms. The fraction of sp³-hybridized carbons (Fsp3) is 0.0870. The standard InChI is InChI=1S/C23H17Cl2N3O2S2/c1-13(30-20-9-8-17(24)11-18(20)25)21(29)27-22(31)28-23-26-19(12-32-23)16-7-6-14-4-2-3-5-15(14)10-16/h2-13H,1H3,(H2,26,27,28,29,31). The number of rotatable bonds is 5. The molecule has 32 heavy (non-hydrogen) atoms. The van der Waals surface area contributed by atoms with Crippen molar-refractivity contribution in [1.82, 2.24) is 10.3 Å². The van der Waals surface area contributed by atoms with Crippen molar-refractivity contribution in [2.24, 2.45) is 0 Å². The highest BCUT2D eigenvalue weighted by atomic mass is 35.5. The van der Waals surface area contributed by atoms with E-state index in [1.165, 1.54) is 16.7 Å². The molecule has 1 unspecified atom stereocenters. The van der Waals surface area contributed by atoms with Crippen LogP contribution in [0.15, 0.2) is 66.0 Å². The number of thiazole rings is 1. The Hall–Kier alpha value is -2.71. The molecule has 0 aliphatic rings. The van der Waals surface area contributed by atoms with Gasteiger partial charge in [-0.3, -0.25) is 10.1 Å². The Morgan fingerprint density at radius 1 is 1.09 bits per heavy atom. The van der Waals surface area contributed by atoms with Crippen LogP contribution in [0, 0.1) is 0 Å². The smallest absolute Gasteiger partial charge is 0.266 e. The molecule has 1 amide bonds. The van der Waals surface area contributed by atoms with Crippen LogP contribution >= 0.6 is 46.8 Å². The predicted octanol–water partition coefficient (Wildman–Crippen LogP) is 6.55. The van der Waals surface area contributed by atoms with Crippen molar-refractivity contribution in [3.8, 4) is 17.0 Å². The quantitative estimate of drug-likeness (QED) is 0.303. The van der Waals surface area contributed by atoms with E-state index in [-0.39, 0.29) is 5.11 Å². The maximum atomic E-state index is 12.4. The molecule has 0 radical (unpaired) electrons. The van der Waals surface area contributed by atoms with E-state index in [1.54, 1.807) is 25.1 Å². The molecule has 0 fully saturated rings. The first-order valence-electron chi connectivity index (χ1n) is 9.57. The summed E-state index contributed by atoms with van der Waals surface area (Å²) < 4.78 is 5.61. The average Bonchev–Trinajstić information content (AvgIpc) is 3.23. The molecular weight excluding hydrogens is 485 g/mol. The van der Waals surface area contributed by atoms with Crippen molar-refractivity contribution >= 4 is 73.7 Å². The SMILES string of the molecule is CC(Oc1ccc(Cl)cc1Cl)C(=O)NC(=S)Nc1nc(-c2ccc3ccccc3c2)cs1. The average molecular weight is 502 g/mol. The van der Waals surface area contributed by atoms with Crippen molar-refractivity contribution < 1.29 is 9.53 Å². The summed E-state index contributed by atoms with van der Waals surface area (Å²) in [7, 11) is 0. The molecule has 162 valence electrons. The highest BCUT2D eigenvalue weighted by Gasteiger charge is 2.18. The normalized spacial score (nSPS) is 11.7. The fourth-order valence-electron chi connectivity index (χ4n) is 2.97. The summed E-state index contributed by atoms with van der Waals surface area (Å²) in [5, 5.41) is 11.3. The number of aromatic nitrogens is 1. The van der Waals surface area contributed by atoms with Gasteiger partial charge in [-0.15, -0.1) is 11.3 Å². The lowest BCUT2D eigenvalue weighted by Crippen LogP contribution is -2.42. The first kappa shape index (κ1) is 22.5. The second-order valence-electron chi connectivity index (χ2n) is 6.88. The molecule has 4 aromatic rings. The number of halogens is 2. The molecular formula is C23H17Cl2N3O2S2. The molecule has 3 aromatic carbocycles. The number of benzene rings is 3. The van der Waals surface area contributed by atoms with Gasteiger partial charge in [-0.25, -0.2) is 4.98 Å². The molecule has 0 saturated heterocycles. The van der Waals surface area contributed by atoms with Gasteiger partial charge in [-0.2, -0.15) is 0 Å². The number of anilines is 1. The van der Waals surface area contributed by atoms with Crippen LogP contribution in [-0.2, 0) is 4.79 Å². The van der Waals surface area contributed by atoms with E-state index in [1.807, 2.05) is 23.6 Å². The highest BCUT2D eigenvalue weighted by Crippen LogP contribution is 2.29. The molecule has 1 atom stereocenters. The number of carbonyl (C=O) groups excluding carboxylic acids is 1.